The molecule has 3 aliphatic heterocycles. The number of amides is 2. The van der Waals surface area contributed by atoms with E-state index >= 15 is 0 Å². The molecule has 3 saturated heterocycles. The van der Waals surface area contributed by atoms with Gasteiger partial charge in [0.05, 0.1) is 12.2 Å². The number of likely N-dealkylation sites (tertiary alicyclic amines) is 2. The number of hydrogen-bond acceptors (Lipinski definition) is 3. The van der Waals surface area contributed by atoms with Crippen molar-refractivity contribution < 1.29 is 19.4 Å². The molecule has 2 amide bonds. The number of urea groups is 1. The third-order valence-electron chi connectivity index (χ3n) is 4.87. The van der Waals surface area contributed by atoms with Crippen LogP contribution in [0.15, 0.2) is 0 Å². The van der Waals surface area contributed by atoms with Crippen molar-refractivity contribution in [3.05, 3.63) is 0 Å². The standard InChI is InChI=1S/C15H24N2O4/c18-14(19)6-3-11-2-1-7-16(8-11)15(20)17-9-12-4-5-13(10-17)21-12/h11-13H,1-10H2,(H,18,19). The van der Waals surface area contributed by atoms with E-state index < -0.39 is 5.97 Å². The first-order valence-corrected chi connectivity index (χ1v) is 8.03. The predicted octanol–water partition coefficient (Wildman–Crippen LogP) is 1.55. The number of carbonyl (C=O) groups excluding carboxylic acids is 1. The van der Waals surface area contributed by atoms with Crippen molar-refractivity contribution in [2.24, 2.45) is 5.92 Å². The Labute approximate surface area is 125 Å². The molecule has 0 aromatic carbocycles. The number of fused-ring (bicyclic) bond motifs is 2. The zero-order valence-electron chi connectivity index (χ0n) is 12.4. The number of rotatable bonds is 3. The predicted molar refractivity (Wildman–Crippen MR) is 76.0 cm³/mol. The largest absolute Gasteiger partial charge is 0.481 e. The summed E-state index contributed by atoms with van der Waals surface area (Å²) >= 11 is 0. The minimum Gasteiger partial charge on any atom is -0.481 e. The maximum Gasteiger partial charge on any atom is 0.320 e. The van der Waals surface area contributed by atoms with Crippen LogP contribution in [-0.2, 0) is 9.53 Å². The lowest BCUT2D eigenvalue weighted by atomic mass is 9.93. The first-order chi connectivity index (χ1) is 10.1. The van der Waals surface area contributed by atoms with Crippen LogP contribution in [0, 0.1) is 5.92 Å². The van der Waals surface area contributed by atoms with Crippen LogP contribution >= 0.6 is 0 Å². The van der Waals surface area contributed by atoms with Crippen LogP contribution in [-0.4, -0.2) is 65.3 Å². The maximum atomic E-state index is 12.6. The molecule has 0 radical (unpaired) electrons. The summed E-state index contributed by atoms with van der Waals surface area (Å²) in [5, 5.41) is 8.79. The first-order valence-electron chi connectivity index (χ1n) is 8.03. The zero-order chi connectivity index (χ0) is 14.8. The van der Waals surface area contributed by atoms with Gasteiger partial charge in [-0.15, -0.1) is 0 Å². The molecule has 118 valence electrons. The number of nitrogens with zero attached hydrogens (tertiary/aromatic N) is 2. The Kier molecular flexibility index (Phi) is 4.33. The van der Waals surface area contributed by atoms with Gasteiger partial charge in [0.2, 0.25) is 0 Å². The summed E-state index contributed by atoms with van der Waals surface area (Å²) in [7, 11) is 0. The Balaban J connectivity index is 1.53. The van der Waals surface area contributed by atoms with Gasteiger partial charge in [0.15, 0.2) is 0 Å². The molecule has 2 bridgehead atoms. The minimum atomic E-state index is -0.747. The lowest BCUT2D eigenvalue weighted by Crippen LogP contribution is -2.53. The summed E-state index contributed by atoms with van der Waals surface area (Å²) in [6.45, 7) is 2.94. The Morgan fingerprint density at radius 1 is 1.05 bits per heavy atom. The van der Waals surface area contributed by atoms with Crippen LogP contribution in [0.4, 0.5) is 4.79 Å². The Morgan fingerprint density at radius 3 is 2.43 bits per heavy atom. The fraction of sp³-hybridized carbons (Fsp3) is 0.867. The molecular weight excluding hydrogens is 272 g/mol. The van der Waals surface area contributed by atoms with E-state index in [2.05, 4.69) is 0 Å². The highest BCUT2D eigenvalue weighted by Gasteiger charge is 2.37. The highest BCUT2D eigenvalue weighted by molar-refractivity contribution is 5.75. The second kappa shape index (κ2) is 6.22. The lowest BCUT2D eigenvalue weighted by molar-refractivity contribution is -0.137. The van der Waals surface area contributed by atoms with E-state index in [0.29, 0.717) is 32.0 Å². The van der Waals surface area contributed by atoms with Gasteiger partial charge < -0.3 is 19.6 Å². The Hall–Kier alpha value is -1.30. The smallest absolute Gasteiger partial charge is 0.320 e. The Morgan fingerprint density at radius 2 is 1.76 bits per heavy atom. The van der Waals surface area contributed by atoms with Crippen LogP contribution in [0.25, 0.3) is 0 Å². The van der Waals surface area contributed by atoms with Crippen molar-refractivity contribution in [1.29, 1.82) is 0 Å². The van der Waals surface area contributed by atoms with Gasteiger partial charge in [0.25, 0.3) is 0 Å². The summed E-state index contributed by atoms with van der Waals surface area (Å²) < 4.78 is 5.77. The van der Waals surface area contributed by atoms with E-state index in [1.54, 1.807) is 0 Å². The molecule has 0 aliphatic carbocycles. The molecule has 3 aliphatic rings. The molecule has 6 nitrogen and oxygen atoms in total. The topological polar surface area (TPSA) is 70.1 Å². The summed E-state index contributed by atoms with van der Waals surface area (Å²) in [5.41, 5.74) is 0. The number of ether oxygens (including phenoxy) is 1. The SMILES string of the molecule is O=C(O)CCC1CCCN(C(=O)N2CC3CCC(C2)O3)C1. The third-order valence-corrected chi connectivity index (χ3v) is 4.87. The second-order valence-corrected chi connectivity index (χ2v) is 6.53. The van der Waals surface area contributed by atoms with E-state index in [-0.39, 0.29) is 24.7 Å². The van der Waals surface area contributed by atoms with Gasteiger partial charge in [-0.1, -0.05) is 0 Å². The number of hydrogen-bond donors (Lipinski definition) is 1. The molecule has 3 fully saturated rings. The monoisotopic (exact) mass is 296 g/mol. The van der Waals surface area contributed by atoms with Crippen molar-refractivity contribution >= 4 is 12.0 Å². The highest BCUT2D eigenvalue weighted by Crippen LogP contribution is 2.28. The summed E-state index contributed by atoms with van der Waals surface area (Å²) in [5.74, 6) is -0.417. The van der Waals surface area contributed by atoms with E-state index in [9.17, 15) is 9.59 Å². The summed E-state index contributed by atoms with van der Waals surface area (Å²) in [6.07, 6.45) is 5.46. The van der Waals surface area contributed by atoms with E-state index in [1.807, 2.05) is 9.80 Å². The summed E-state index contributed by atoms with van der Waals surface area (Å²) in [6, 6.07) is 0.121. The molecule has 3 unspecified atom stereocenters. The van der Waals surface area contributed by atoms with Gasteiger partial charge >= 0.3 is 12.0 Å². The van der Waals surface area contributed by atoms with Gasteiger partial charge in [0.1, 0.15) is 0 Å². The molecule has 3 heterocycles. The van der Waals surface area contributed by atoms with Crippen molar-refractivity contribution in [2.45, 2.75) is 50.7 Å². The molecule has 3 atom stereocenters. The average molecular weight is 296 g/mol. The average Bonchev–Trinajstić information content (AvgIpc) is 2.83. The van der Waals surface area contributed by atoms with Crippen molar-refractivity contribution in [3.8, 4) is 0 Å². The number of carbonyl (C=O) groups is 2. The molecule has 0 spiro atoms. The fourth-order valence-corrected chi connectivity index (χ4v) is 3.77. The number of carboxylic acid groups (broad SMARTS) is 1. The molecular formula is C15H24N2O4. The third kappa shape index (κ3) is 3.48. The van der Waals surface area contributed by atoms with Gasteiger partial charge in [0, 0.05) is 32.6 Å². The minimum absolute atomic E-state index is 0.121. The first kappa shape index (κ1) is 14.6. The normalized spacial score (nSPS) is 32.3. The summed E-state index contributed by atoms with van der Waals surface area (Å²) in [4.78, 5) is 27.2. The molecule has 0 aromatic heterocycles. The molecule has 21 heavy (non-hydrogen) atoms. The molecule has 6 heteroatoms. The fourth-order valence-electron chi connectivity index (χ4n) is 3.77. The zero-order valence-corrected chi connectivity index (χ0v) is 12.4. The van der Waals surface area contributed by atoms with E-state index in [4.69, 9.17) is 9.84 Å². The van der Waals surface area contributed by atoms with Crippen LogP contribution in [0.3, 0.4) is 0 Å². The van der Waals surface area contributed by atoms with Gasteiger partial charge in [-0.2, -0.15) is 0 Å². The van der Waals surface area contributed by atoms with E-state index in [0.717, 1.165) is 32.2 Å². The van der Waals surface area contributed by atoms with E-state index in [1.165, 1.54) is 0 Å². The van der Waals surface area contributed by atoms with Crippen molar-refractivity contribution in [2.75, 3.05) is 26.2 Å². The number of carboxylic acids is 1. The van der Waals surface area contributed by atoms with Crippen LogP contribution < -0.4 is 0 Å². The number of aliphatic carboxylic acids is 1. The maximum absolute atomic E-state index is 12.6. The van der Waals surface area contributed by atoms with Crippen LogP contribution in [0.1, 0.15) is 38.5 Å². The number of morpholine rings is 1. The van der Waals surface area contributed by atoms with Crippen LogP contribution in [0.5, 0.6) is 0 Å². The quantitative estimate of drug-likeness (QED) is 0.858. The Bertz CT molecular complexity index is 402. The molecule has 0 aromatic rings. The lowest BCUT2D eigenvalue weighted by Gasteiger charge is -2.39. The molecule has 0 saturated carbocycles. The molecule has 1 N–H and O–H groups in total. The second-order valence-electron chi connectivity index (χ2n) is 6.53. The van der Waals surface area contributed by atoms with Gasteiger partial charge in [-0.25, -0.2) is 4.79 Å². The van der Waals surface area contributed by atoms with Gasteiger partial charge in [-0.05, 0) is 38.0 Å². The van der Waals surface area contributed by atoms with Crippen molar-refractivity contribution in [1.82, 2.24) is 9.80 Å². The van der Waals surface area contributed by atoms with Gasteiger partial charge in [-0.3, -0.25) is 4.79 Å². The molecule has 3 rings (SSSR count). The highest BCUT2D eigenvalue weighted by atomic mass is 16.5. The van der Waals surface area contributed by atoms with Crippen molar-refractivity contribution in [3.63, 3.8) is 0 Å². The van der Waals surface area contributed by atoms with Crippen LogP contribution in [0.2, 0.25) is 0 Å². The number of piperidine rings is 1.